The third-order valence-electron chi connectivity index (χ3n) is 4.19. The summed E-state index contributed by atoms with van der Waals surface area (Å²) in [4.78, 5) is 26.1. The average molecular weight is 303 g/mol. The van der Waals surface area contributed by atoms with Gasteiger partial charge in [-0.25, -0.2) is 0 Å². The van der Waals surface area contributed by atoms with Crippen molar-refractivity contribution in [2.24, 2.45) is 5.92 Å². The van der Waals surface area contributed by atoms with E-state index in [0.717, 1.165) is 42.7 Å². The highest BCUT2D eigenvalue weighted by molar-refractivity contribution is 5.95. The maximum absolute atomic E-state index is 12.3. The normalized spacial score (nSPS) is 15.4. The SMILES string of the molecule is Cc1cccc(C)c1NC(=O)CN(C)C(=O)C1CCNCC1. The Labute approximate surface area is 132 Å². The molecule has 0 unspecified atom stereocenters. The zero-order valence-electron chi connectivity index (χ0n) is 13.6. The van der Waals surface area contributed by atoms with E-state index in [-0.39, 0.29) is 24.3 Å². The molecule has 0 saturated carbocycles. The molecule has 1 aliphatic rings. The first-order valence-corrected chi connectivity index (χ1v) is 7.81. The number of carbonyl (C=O) groups is 2. The number of nitrogens with zero attached hydrogens (tertiary/aromatic N) is 1. The zero-order valence-corrected chi connectivity index (χ0v) is 13.6. The van der Waals surface area contributed by atoms with E-state index in [4.69, 9.17) is 0 Å². The average Bonchev–Trinajstić information content (AvgIpc) is 2.51. The summed E-state index contributed by atoms with van der Waals surface area (Å²) in [6.45, 7) is 5.77. The third kappa shape index (κ3) is 4.07. The number of amides is 2. The first kappa shape index (κ1) is 16.5. The van der Waals surface area contributed by atoms with E-state index >= 15 is 0 Å². The van der Waals surface area contributed by atoms with Crippen LogP contribution in [-0.4, -0.2) is 43.4 Å². The van der Waals surface area contributed by atoms with Crippen molar-refractivity contribution in [3.8, 4) is 0 Å². The van der Waals surface area contributed by atoms with Gasteiger partial charge in [-0.3, -0.25) is 9.59 Å². The molecule has 120 valence electrons. The van der Waals surface area contributed by atoms with Crippen LogP contribution in [0.15, 0.2) is 18.2 Å². The summed E-state index contributed by atoms with van der Waals surface area (Å²) >= 11 is 0. The molecule has 0 radical (unpaired) electrons. The smallest absolute Gasteiger partial charge is 0.243 e. The maximum Gasteiger partial charge on any atom is 0.243 e. The Bertz CT molecular complexity index is 531. The van der Waals surface area contributed by atoms with Gasteiger partial charge in [-0.15, -0.1) is 0 Å². The van der Waals surface area contributed by atoms with Crippen molar-refractivity contribution in [3.63, 3.8) is 0 Å². The molecule has 1 heterocycles. The van der Waals surface area contributed by atoms with Crippen LogP contribution in [0.5, 0.6) is 0 Å². The fourth-order valence-corrected chi connectivity index (χ4v) is 2.86. The number of para-hydroxylation sites is 1. The molecule has 1 aliphatic heterocycles. The second-order valence-electron chi connectivity index (χ2n) is 6.03. The summed E-state index contributed by atoms with van der Waals surface area (Å²) in [5.74, 6) is -0.0420. The molecule has 0 atom stereocenters. The molecule has 1 aromatic carbocycles. The molecular formula is C17H25N3O2. The predicted molar refractivity (Wildman–Crippen MR) is 87.8 cm³/mol. The quantitative estimate of drug-likeness (QED) is 0.890. The maximum atomic E-state index is 12.3. The number of piperidine rings is 1. The molecule has 2 amide bonds. The van der Waals surface area contributed by atoms with E-state index < -0.39 is 0 Å². The lowest BCUT2D eigenvalue weighted by molar-refractivity contribution is -0.137. The number of benzene rings is 1. The van der Waals surface area contributed by atoms with Crippen LogP contribution in [0.4, 0.5) is 5.69 Å². The second-order valence-corrected chi connectivity index (χ2v) is 6.03. The summed E-state index contributed by atoms with van der Waals surface area (Å²) in [6, 6.07) is 5.89. The first-order chi connectivity index (χ1) is 10.5. The van der Waals surface area contributed by atoms with Crippen molar-refractivity contribution >= 4 is 17.5 Å². The summed E-state index contributed by atoms with van der Waals surface area (Å²) in [5, 5.41) is 6.17. The van der Waals surface area contributed by atoms with Crippen LogP contribution >= 0.6 is 0 Å². The molecule has 2 rings (SSSR count). The number of carbonyl (C=O) groups excluding carboxylic acids is 2. The van der Waals surface area contributed by atoms with Gasteiger partial charge >= 0.3 is 0 Å². The first-order valence-electron chi connectivity index (χ1n) is 7.81. The summed E-state index contributed by atoms with van der Waals surface area (Å²) < 4.78 is 0. The molecule has 0 aromatic heterocycles. The highest BCUT2D eigenvalue weighted by Crippen LogP contribution is 2.19. The van der Waals surface area contributed by atoms with Crippen molar-refractivity contribution in [3.05, 3.63) is 29.3 Å². The molecule has 0 aliphatic carbocycles. The Hall–Kier alpha value is -1.88. The zero-order chi connectivity index (χ0) is 16.1. The number of rotatable bonds is 4. The number of hydrogen-bond acceptors (Lipinski definition) is 3. The van der Waals surface area contributed by atoms with Gasteiger partial charge in [-0.05, 0) is 50.9 Å². The molecule has 0 bridgehead atoms. The summed E-state index contributed by atoms with van der Waals surface area (Å²) in [5.41, 5.74) is 2.90. The molecule has 1 fully saturated rings. The fraction of sp³-hybridized carbons (Fsp3) is 0.529. The van der Waals surface area contributed by atoms with Crippen molar-refractivity contribution in [1.82, 2.24) is 10.2 Å². The van der Waals surface area contributed by atoms with E-state index in [2.05, 4.69) is 10.6 Å². The lowest BCUT2D eigenvalue weighted by Crippen LogP contribution is -2.42. The van der Waals surface area contributed by atoms with Crippen molar-refractivity contribution in [2.75, 3.05) is 32.0 Å². The third-order valence-corrected chi connectivity index (χ3v) is 4.19. The van der Waals surface area contributed by atoms with Crippen molar-refractivity contribution in [1.29, 1.82) is 0 Å². The van der Waals surface area contributed by atoms with Gasteiger partial charge in [0.05, 0.1) is 6.54 Å². The Morgan fingerprint density at radius 1 is 1.23 bits per heavy atom. The molecule has 2 N–H and O–H groups in total. The van der Waals surface area contributed by atoms with Crippen LogP contribution in [0.2, 0.25) is 0 Å². The molecular weight excluding hydrogens is 278 g/mol. The fourth-order valence-electron chi connectivity index (χ4n) is 2.86. The van der Waals surface area contributed by atoms with Gasteiger partial charge in [0.25, 0.3) is 0 Å². The van der Waals surface area contributed by atoms with Crippen LogP contribution < -0.4 is 10.6 Å². The van der Waals surface area contributed by atoms with Crippen LogP contribution in [0.3, 0.4) is 0 Å². The molecule has 5 heteroatoms. The highest BCUT2D eigenvalue weighted by Gasteiger charge is 2.25. The van der Waals surface area contributed by atoms with Crippen LogP contribution in [0.25, 0.3) is 0 Å². The van der Waals surface area contributed by atoms with Crippen LogP contribution in [0.1, 0.15) is 24.0 Å². The van der Waals surface area contributed by atoms with Gasteiger partial charge in [-0.1, -0.05) is 18.2 Å². The van der Waals surface area contributed by atoms with E-state index in [9.17, 15) is 9.59 Å². The molecule has 0 spiro atoms. The van der Waals surface area contributed by atoms with Gasteiger partial charge in [0.2, 0.25) is 11.8 Å². The van der Waals surface area contributed by atoms with Gasteiger partial charge in [0, 0.05) is 18.7 Å². The van der Waals surface area contributed by atoms with Crippen molar-refractivity contribution < 1.29 is 9.59 Å². The summed E-state index contributed by atoms with van der Waals surface area (Å²) in [6.07, 6.45) is 1.70. The van der Waals surface area contributed by atoms with E-state index in [1.165, 1.54) is 0 Å². The standard InChI is InChI=1S/C17H25N3O2/c1-12-5-4-6-13(2)16(12)19-15(21)11-20(3)17(22)14-7-9-18-10-8-14/h4-6,14,18H,7-11H2,1-3H3,(H,19,21). The lowest BCUT2D eigenvalue weighted by atomic mass is 9.97. The summed E-state index contributed by atoms with van der Waals surface area (Å²) in [7, 11) is 1.70. The number of hydrogen-bond donors (Lipinski definition) is 2. The molecule has 5 nitrogen and oxygen atoms in total. The number of anilines is 1. The minimum Gasteiger partial charge on any atom is -0.336 e. The highest BCUT2D eigenvalue weighted by atomic mass is 16.2. The van der Waals surface area contributed by atoms with Gasteiger partial charge in [-0.2, -0.15) is 0 Å². The minimum absolute atomic E-state index is 0.0410. The predicted octanol–water partition coefficient (Wildman–Crippen LogP) is 1.70. The number of nitrogens with one attached hydrogen (secondary N) is 2. The molecule has 22 heavy (non-hydrogen) atoms. The molecule has 1 aromatic rings. The Morgan fingerprint density at radius 3 is 2.41 bits per heavy atom. The van der Waals surface area contributed by atoms with E-state index in [0.29, 0.717) is 0 Å². The lowest BCUT2D eigenvalue weighted by Gasteiger charge is -2.26. The largest absolute Gasteiger partial charge is 0.336 e. The van der Waals surface area contributed by atoms with E-state index in [1.807, 2.05) is 32.0 Å². The Kier molecular flexibility index (Phi) is 5.55. The monoisotopic (exact) mass is 303 g/mol. The topological polar surface area (TPSA) is 61.4 Å². The number of likely N-dealkylation sites (N-methyl/N-ethyl adjacent to an activating group) is 1. The van der Waals surface area contributed by atoms with Crippen molar-refractivity contribution in [2.45, 2.75) is 26.7 Å². The van der Waals surface area contributed by atoms with Crippen LogP contribution in [0, 0.1) is 19.8 Å². The minimum atomic E-state index is -0.151. The van der Waals surface area contributed by atoms with Gasteiger partial charge in [0.15, 0.2) is 0 Å². The second kappa shape index (κ2) is 7.40. The Morgan fingerprint density at radius 2 is 1.82 bits per heavy atom. The Balaban J connectivity index is 1.92. The van der Waals surface area contributed by atoms with Crippen LogP contribution in [-0.2, 0) is 9.59 Å². The van der Waals surface area contributed by atoms with Gasteiger partial charge in [0.1, 0.15) is 0 Å². The number of aryl methyl sites for hydroxylation is 2. The molecule has 1 saturated heterocycles. The van der Waals surface area contributed by atoms with Gasteiger partial charge < -0.3 is 15.5 Å². The van der Waals surface area contributed by atoms with E-state index in [1.54, 1.807) is 11.9 Å².